The van der Waals surface area contributed by atoms with Crippen molar-refractivity contribution in [3.05, 3.63) is 0 Å². The lowest BCUT2D eigenvalue weighted by Crippen LogP contribution is -2.19. The summed E-state index contributed by atoms with van der Waals surface area (Å²) < 4.78 is 4.99. The summed E-state index contributed by atoms with van der Waals surface area (Å²) in [6.07, 6.45) is 1.35. The first-order valence-electron chi connectivity index (χ1n) is 4.01. The van der Waals surface area contributed by atoms with Crippen molar-refractivity contribution in [2.24, 2.45) is 0 Å². The zero-order valence-corrected chi connectivity index (χ0v) is 10.5. The van der Waals surface area contributed by atoms with Crippen LogP contribution in [0.1, 0.15) is 26.7 Å². The summed E-state index contributed by atoms with van der Waals surface area (Å²) in [5.41, 5.74) is 0. The van der Waals surface area contributed by atoms with Crippen LogP contribution in [0.2, 0.25) is 0 Å². The van der Waals surface area contributed by atoms with Crippen molar-refractivity contribution in [2.75, 3.05) is 6.61 Å². The van der Waals surface area contributed by atoms with Crippen molar-refractivity contribution in [1.29, 1.82) is 0 Å². The van der Waals surface area contributed by atoms with Crippen molar-refractivity contribution in [2.45, 2.75) is 36.3 Å². The molecule has 0 spiro atoms. The number of carbonyl (C=O) groups is 1. The molecule has 0 aliphatic carbocycles. The van der Waals surface area contributed by atoms with E-state index in [4.69, 9.17) is 4.74 Å². The van der Waals surface area contributed by atoms with Crippen LogP contribution < -0.4 is 0 Å². The van der Waals surface area contributed by atoms with Gasteiger partial charge in [-0.1, -0.05) is 45.7 Å². The first-order valence-corrected chi connectivity index (χ1v) is 5.84. The zero-order valence-electron chi connectivity index (χ0n) is 7.35. The molecule has 0 aromatic carbocycles. The normalized spacial score (nSPS) is 15.3. The maximum atomic E-state index is 10.9. The second-order valence-corrected chi connectivity index (χ2v) is 5.25. The molecule has 72 valence electrons. The number of alkyl halides is 2. The van der Waals surface area contributed by atoms with E-state index in [2.05, 4.69) is 31.9 Å². The van der Waals surface area contributed by atoms with E-state index in [1.807, 2.05) is 13.8 Å². The van der Waals surface area contributed by atoms with Crippen LogP contribution in [0.3, 0.4) is 0 Å². The summed E-state index contributed by atoms with van der Waals surface area (Å²) in [7, 11) is 0. The Morgan fingerprint density at radius 3 is 2.50 bits per heavy atom. The molecular formula is C8H14Br2O2. The average Bonchev–Trinajstić information content (AvgIpc) is 2.00. The van der Waals surface area contributed by atoms with Gasteiger partial charge >= 0.3 is 5.97 Å². The van der Waals surface area contributed by atoms with E-state index >= 15 is 0 Å². The monoisotopic (exact) mass is 300 g/mol. The minimum absolute atomic E-state index is 0.116. The van der Waals surface area contributed by atoms with Crippen LogP contribution in [0, 0.1) is 0 Å². The number of carbonyl (C=O) groups excluding carboxylic acids is 1. The molecule has 2 nitrogen and oxygen atoms in total. The molecule has 0 bridgehead atoms. The molecule has 0 rings (SSSR count). The van der Waals surface area contributed by atoms with E-state index in [1.165, 1.54) is 0 Å². The van der Waals surface area contributed by atoms with Crippen LogP contribution in [-0.2, 0) is 9.53 Å². The number of hydrogen-bond acceptors (Lipinski definition) is 2. The van der Waals surface area contributed by atoms with Gasteiger partial charge in [-0.2, -0.15) is 0 Å². The molecule has 12 heavy (non-hydrogen) atoms. The largest absolute Gasteiger partial charge is 0.464 e. The van der Waals surface area contributed by atoms with Gasteiger partial charge in [-0.05, 0) is 6.42 Å². The van der Waals surface area contributed by atoms with Crippen molar-refractivity contribution >= 4 is 37.8 Å². The molecule has 0 fully saturated rings. The third-order valence-electron chi connectivity index (χ3n) is 1.36. The molecule has 4 heteroatoms. The lowest BCUT2D eigenvalue weighted by Gasteiger charge is -2.12. The first-order chi connectivity index (χ1) is 5.57. The fraction of sp³-hybridized carbons (Fsp3) is 0.875. The van der Waals surface area contributed by atoms with Gasteiger partial charge in [0.1, 0.15) is 6.61 Å². The van der Waals surface area contributed by atoms with Crippen LogP contribution in [-0.4, -0.2) is 22.2 Å². The number of esters is 1. The maximum Gasteiger partial charge on any atom is 0.305 e. The van der Waals surface area contributed by atoms with Gasteiger partial charge in [0.2, 0.25) is 0 Å². The summed E-state index contributed by atoms with van der Waals surface area (Å²) in [6, 6.07) is 0. The van der Waals surface area contributed by atoms with Crippen molar-refractivity contribution in [3.63, 3.8) is 0 Å². The lowest BCUT2D eigenvalue weighted by atomic mass is 10.3. The highest BCUT2D eigenvalue weighted by atomic mass is 79.9. The fourth-order valence-electron chi connectivity index (χ4n) is 0.581. The molecule has 0 aromatic heterocycles. The van der Waals surface area contributed by atoms with Crippen molar-refractivity contribution in [3.8, 4) is 0 Å². The van der Waals surface area contributed by atoms with Crippen LogP contribution >= 0.6 is 31.9 Å². The number of ether oxygens (including phenoxy) is 1. The van der Waals surface area contributed by atoms with Crippen LogP contribution in [0.15, 0.2) is 0 Å². The highest BCUT2D eigenvalue weighted by Gasteiger charge is 2.12. The molecule has 0 aliphatic rings. The topological polar surface area (TPSA) is 26.3 Å². The molecule has 0 aliphatic heterocycles. The molecule has 2 atom stereocenters. The Hall–Kier alpha value is 0.430. The number of halogens is 2. The minimum Gasteiger partial charge on any atom is -0.464 e. The maximum absolute atomic E-state index is 10.9. The summed E-state index contributed by atoms with van der Waals surface area (Å²) in [5, 5.41) is 0. The van der Waals surface area contributed by atoms with Gasteiger partial charge in [-0.25, -0.2) is 0 Å². The van der Waals surface area contributed by atoms with Crippen LogP contribution in [0.25, 0.3) is 0 Å². The first kappa shape index (κ1) is 12.4. The molecule has 0 saturated carbocycles. The van der Waals surface area contributed by atoms with Gasteiger partial charge in [0.25, 0.3) is 0 Å². The molecule has 0 N–H and O–H groups in total. The summed E-state index contributed by atoms with van der Waals surface area (Å²) in [6.45, 7) is 4.40. The highest BCUT2D eigenvalue weighted by molar-refractivity contribution is 9.12. The van der Waals surface area contributed by atoms with Gasteiger partial charge in [0.15, 0.2) is 0 Å². The minimum atomic E-state index is -0.116. The number of hydrogen-bond donors (Lipinski definition) is 0. The van der Waals surface area contributed by atoms with E-state index in [0.29, 0.717) is 17.9 Å². The second kappa shape index (κ2) is 6.89. The van der Waals surface area contributed by atoms with E-state index in [1.54, 1.807) is 0 Å². The molecule has 0 aromatic rings. The molecule has 2 unspecified atom stereocenters. The lowest BCUT2D eigenvalue weighted by molar-refractivity contribution is -0.143. The van der Waals surface area contributed by atoms with Gasteiger partial charge in [0, 0.05) is 11.2 Å². The quantitative estimate of drug-likeness (QED) is 0.576. The highest BCUT2D eigenvalue weighted by Crippen LogP contribution is 2.13. The smallest absolute Gasteiger partial charge is 0.305 e. The third-order valence-corrected chi connectivity index (χ3v) is 3.76. The Kier molecular flexibility index (Phi) is 7.14. The predicted octanol–water partition coefficient (Wildman–Crippen LogP) is 2.88. The predicted molar refractivity (Wildman–Crippen MR) is 57.0 cm³/mol. The Bertz CT molecular complexity index is 137. The Balaban J connectivity index is 3.47. The molecule has 0 amide bonds. The van der Waals surface area contributed by atoms with Crippen LogP contribution in [0.5, 0.6) is 0 Å². The van der Waals surface area contributed by atoms with Gasteiger partial charge in [-0.15, -0.1) is 0 Å². The van der Waals surface area contributed by atoms with Crippen molar-refractivity contribution < 1.29 is 9.53 Å². The standard InChI is InChI=1S/C8H14Br2O2/c1-3-4-8(11)12-5-7(10)6(2)9/h6-7H,3-5H2,1-2H3. The Morgan fingerprint density at radius 2 is 2.08 bits per heavy atom. The SMILES string of the molecule is CCCC(=O)OCC(Br)C(C)Br. The third kappa shape index (κ3) is 6.00. The second-order valence-electron chi connectivity index (χ2n) is 2.63. The summed E-state index contributed by atoms with van der Waals surface area (Å²) in [5.74, 6) is -0.116. The molecule has 0 radical (unpaired) electrons. The average molecular weight is 302 g/mol. The summed E-state index contributed by atoms with van der Waals surface area (Å²) >= 11 is 6.79. The Morgan fingerprint density at radius 1 is 1.50 bits per heavy atom. The molecular weight excluding hydrogens is 288 g/mol. The van der Waals surface area contributed by atoms with E-state index in [9.17, 15) is 4.79 Å². The van der Waals surface area contributed by atoms with Gasteiger partial charge in [-0.3, -0.25) is 4.79 Å². The number of rotatable bonds is 5. The van der Waals surface area contributed by atoms with E-state index in [0.717, 1.165) is 6.42 Å². The van der Waals surface area contributed by atoms with Gasteiger partial charge in [0.05, 0.1) is 4.83 Å². The van der Waals surface area contributed by atoms with Gasteiger partial charge < -0.3 is 4.74 Å². The van der Waals surface area contributed by atoms with E-state index in [-0.39, 0.29) is 10.8 Å². The fourth-order valence-corrected chi connectivity index (χ4v) is 0.866. The zero-order chi connectivity index (χ0) is 9.56. The molecule has 0 saturated heterocycles. The van der Waals surface area contributed by atoms with Crippen molar-refractivity contribution in [1.82, 2.24) is 0 Å². The Labute approximate surface area is 90.3 Å². The van der Waals surface area contributed by atoms with E-state index < -0.39 is 0 Å². The molecule has 0 heterocycles. The van der Waals surface area contributed by atoms with Crippen LogP contribution in [0.4, 0.5) is 0 Å². The summed E-state index contributed by atoms with van der Waals surface area (Å²) in [4.78, 5) is 11.4.